The highest BCUT2D eigenvalue weighted by Crippen LogP contribution is 2.29. The summed E-state index contributed by atoms with van der Waals surface area (Å²) in [6, 6.07) is 10.5. The molecule has 29 heavy (non-hydrogen) atoms. The van der Waals surface area contributed by atoms with Gasteiger partial charge in [0.15, 0.2) is 5.82 Å². The molecule has 0 atom stereocenters. The van der Waals surface area contributed by atoms with Gasteiger partial charge >= 0.3 is 0 Å². The number of hydrogen-bond donors (Lipinski definition) is 5. The molecule has 8 nitrogen and oxygen atoms in total. The zero-order chi connectivity index (χ0) is 20.2. The van der Waals surface area contributed by atoms with Crippen LogP contribution >= 0.6 is 0 Å². The molecule has 152 valence electrons. The zero-order valence-corrected chi connectivity index (χ0v) is 16.4. The van der Waals surface area contributed by atoms with Crippen LogP contribution in [0.1, 0.15) is 41.0 Å². The van der Waals surface area contributed by atoms with E-state index in [9.17, 15) is 0 Å². The minimum Gasteiger partial charge on any atom is -0.395 e. The van der Waals surface area contributed by atoms with Gasteiger partial charge in [-0.3, -0.25) is 4.68 Å². The summed E-state index contributed by atoms with van der Waals surface area (Å²) in [5.74, 6) is 6.87. The van der Waals surface area contributed by atoms with Crippen molar-refractivity contribution >= 4 is 17.3 Å². The largest absolute Gasteiger partial charge is 0.395 e. The van der Waals surface area contributed by atoms with Gasteiger partial charge in [-0.25, -0.2) is 10.8 Å². The smallest absolute Gasteiger partial charge is 0.165 e. The Morgan fingerprint density at radius 3 is 2.72 bits per heavy atom. The van der Waals surface area contributed by atoms with Crippen molar-refractivity contribution in [3.05, 3.63) is 65.0 Å². The van der Waals surface area contributed by atoms with Gasteiger partial charge in [0.25, 0.3) is 0 Å². The van der Waals surface area contributed by atoms with Crippen molar-refractivity contribution in [3.8, 4) is 0 Å². The molecule has 1 fully saturated rings. The van der Waals surface area contributed by atoms with E-state index >= 15 is 0 Å². The predicted molar refractivity (Wildman–Crippen MR) is 116 cm³/mol. The quantitative estimate of drug-likeness (QED) is 0.319. The van der Waals surface area contributed by atoms with Gasteiger partial charge in [-0.15, -0.1) is 0 Å². The molecule has 3 heterocycles. The van der Waals surface area contributed by atoms with Crippen molar-refractivity contribution in [2.45, 2.75) is 31.7 Å². The number of nitrogens with one attached hydrogen (secondary N) is 2. The van der Waals surface area contributed by atoms with E-state index in [2.05, 4.69) is 51.3 Å². The molecule has 1 aromatic carbocycles. The Morgan fingerprint density at radius 2 is 1.93 bits per heavy atom. The molecular weight excluding hydrogens is 364 g/mol. The van der Waals surface area contributed by atoms with Crippen molar-refractivity contribution in [1.82, 2.24) is 20.1 Å². The molecule has 0 unspecified atom stereocenters. The van der Waals surface area contributed by atoms with Gasteiger partial charge in [-0.2, -0.15) is 5.10 Å². The molecule has 0 amide bonds. The highest BCUT2D eigenvalue weighted by atomic mass is 15.3. The minimum atomic E-state index is 0.380. The van der Waals surface area contributed by atoms with E-state index in [1.165, 1.54) is 24.0 Å². The number of nitrogens with two attached hydrogens (primary N) is 3. The maximum absolute atomic E-state index is 6.15. The van der Waals surface area contributed by atoms with Crippen molar-refractivity contribution in [3.63, 3.8) is 0 Å². The predicted octanol–water partition coefficient (Wildman–Crippen LogP) is 1.83. The molecular formula is C21H28N8. The number of hydrazine groups is 1. The molecule has 8 heteroatoms. The number of piperidine rings is 1. The molecule has 0 bridgehead atoms. The van der Waals surface area contributed by atoms with Crippen molar-refractivity contribution < 1.29 is 0 Å². The lowest BCUT2D eigenvalue weighted by Gasteiger charge is -2.25. The molecule has 0 saturated carbocycles. The van der Waals surface area contributed by atoms with Crippen LogP contribution in [-0.4, -0.2) is 27.9 Å². The highest BCUT2D eigenvalue weighted by Gasteiger charge is 2.18. The highest BCUT2D eigenvalue weighted by molar-refractivity contribution is 5.68. The Labute approximate surface area is 170 Å². The number of pyridine rings is 1. The molecule has 1 saturated heterocycles. The topological polar surface area (TPSA) is 133 Å². The number of rotatable bonds is 6. The molecule has 4 rings (SSSR count). The third-order valence-electron chi connectivity index (χ3n) is 5.55. The maximum Gasteiger partial charge on any atom is 0.165 e. The van der Waals surface area contributed by atoms with Crippen LogP contribution in [0.3, 0.4) is 0 Å². The number of anilines is 3. The van der Waals surface area contributed by atoms with Crippen molar-refractivity contribution in [1.29, 1.82) is 0 Å². The van der Waals surface area contributed by atoms with Crippen LogP contribution in [0.15, 0.2) is 42.7 Å². The first-order chi connectivity index (χ1) is 14.1. The standard InChI is InChI=1S/C21H28N8/c22-19-10-17(20(23)21(27-19)28-24)9-14-11-26-29(12-14)13-16-3-1-2-4-18(16)15-5-7-25-8-6-15/h1-4,10-12,15,25H,5-9,13,23-24H2,(H3,22,27,28). The van der Waals surface area contributed by atoms with E-state index in [1.54, 1.807) is 6.07 Å². The van der Waals surface area contributed by atoms with Gasteiger partial charge in [-0.05, 0) is 60.2 Å². The van der Waals surface area contributed by atoms with Gasteiger partial charge in [0.1, 0.15) is 5.82 Å². The first-order valence-corrected chi connectivity index (χ1v) is 9.95. The van der Waals surface area contributed by atoms with Gasteiger partial charge < -0.3 is 22.2 Å². The third kappa shape index (κ3) is 4.33. The molecule has 0 spiro atoms. The summed E-state index contributed by atoms with van der Waals surface area (Å²) < 4.78 is 1.98. The second-order valence-corrected chi connectivity index (χ2v) is 7.56. The second-order valence-electron chi connectivity index (χ2n) is 7.56. The lowest BCUT2D eigenvalue weighted by molar-refractivity contribution is 0.457. The normalized spacial score (nSPS) is 14.8. The number of aromatic nitrogens is 3. The van der Waals surface area contributed by atoms with E-state index in [0.29, 0.717) is 29.7 Å². The van der Waals surface area contributed by atoms with Gasteiger partial charge in [0, 0.05) is 12.6 Å². The number of hydrogen-bond acceptors (Lipinski definition) is 7. The Balaban J connectivity index is 1.52. The summed E-state index contributed by atoms with van der Waals surface area (Å²) in [7, 11) is 0. The van der Waals surface area contributed by atoms with Gasteiger partial charge in [0.2, 0.25) is 0 Å². The summed E-state index contributed by atoms with van der Waals surface area (Å²) >= 11 is 0. The molecule has 1 aliphatic heterocycles. The number of benzene rings is 1. The fourth-order valence-corrected chi connectivity index (χ4v) is 4.07. The molecule has 1 aliphatic rings. The minimum absolute atomic E-state index is 0.380. The summed E-state index contributed by atoms with van der Waals surface area (Å²) in [5.41, 5.74) is 19.7. The Morgan fingerprint density at radius 1 is 1.14 bits per heavy atom. The van der Waals surface area contributed by atoms with Crippen LogP contribution in [0, 0.1) is 0 Å². The SMILES string of the molecule is NNc1nc(N)cc(Cc2cnn(Cc3ccccc3C3CCNCC3)c2)c1N. The maximum atomic E-state index is 6.15. The second kappa shape index (κ2) is 8.50. The number of nitrogens with zero attached hydrogens (tertiary/aromatic N) is 3. The molecule has 3 aromatic rings. The summed E-state index contributed by atoms with van der Waals surface area (Å²) in [6.45, 7) is 2.92. The first kappa shape index (κ1) is 19.2. The molecule has 0 radical (unpaired) electrons. The van der Waals surface area contributed by atoms with Crippen molar-refractivity contribution in [2.75, 3.05) is 30.0 Å². The number of nitrogen functional groups attached to an aromatic ring is 3. The summed E-state index contributed by atoms with van der Waals surface area (Å²) in [6.07, 6.45) is 6.91. The van der Waals surface area contributed by atoms with Crippen LogP contribution in [0.2, 0.25) is 0 Å². The Bertz CT molecular complexity index is 975. The summed E-state index contributed by atoms with van der Waals surface area (Å²) in [4.78, 5) is 4.10. The Hall–Kier alpha value is -3.10. The van der Waals surface area contributed by atoms with Crippen LogP contribution < -0.4 is 28.1 Å². The van der Waals surface area contributed by atoms with Crippen LogP contribution in [0.4, 0.5) is 17.3 Å². The fourth-order valence-electron chi connectivity index (χ4n) is 4.07. The van der Waals surface area contributed by atoms with Crippen LogP contribution in [-0.2, 0) is 13.0 Å². The molecule has 2 aromatic heterocycles. The first-order valence-electron chi connectivity index (χ1n) is 9.95. The molecule has 8 N–H and O–H groups in total. The van der Waals surface area contributed by atoms with Gasteiger partial charge in [-0.1, -0.05) is 24.3 Å². The molecule has 0 aliphatic carbocycles. The average molecular weight is 393 g/mol. The monoisotopic (exact) mass is 392 g/mol. The summed E-state index contributed by atoms with van der Waals surface area (Å²) in [5, 5.41) is 8.01. The lowest BCUT2D eigenvalue weighted by atomic mass is 9.87. The van der Waals surface area contributed by atoms with E-state index in [-0.39, 0.29) is 0 Å². The zero-order valence-electron chi connectivity index (χ0n) is 16.4. The van der Waals surface area contributed by atoms with Crippen LogP contribution in [0.5, 0.6) is 0 Å². The lowest BCUT2D eigenvalue weighted by Crippen LogP contribution is -2.27. The average Bonchev–Trinajstić information content (AvgIpc) is 3.18. The van der Waals surface area contributed by atoms with E-state index in [0.717, 1.165) is 30.8 Å². The Kier molecular flexibility index (Phi) is 5.64. The third-order valence-corrected chi connectivity index (χ3v) is 5.55. The van der Waals surface area contributed by atoms with E-state index < -0.39 is 0 Å². The van der Waals surface area contributed by atoms with Crippen molar-refractivity contribution in [2.24, 2.45) is 5.84 Å². The van der Waals surface area contributed by atoms with E-state index in [1.807, 2.05) is 10.9 Å². The fraction of sp³-hybridized carbons (Fsp3) is 0.333. The van der Waals surface area contributed by atoms with E-state index in [4.69, 9.17) is 17.3 Å². The van der Waals surface area contributed by atoms with Gasteiger partial charge in [0.05, 0.1) is 18.4 Å². The van der Waals surface area contributed by atoms with Crippen LogP contribution in [0.25, 0.3) is 0 Å².